The summed E-state index contributed by atoms with van der Waals surface area (Å²) >= 11 is 0. The first-order valence-electron chi connectivity index (χ1n) is 6.89. The molecular weight excluding hydrogens is 244 g/mol. The van der Waals surface area contributed by atoms with E-state index < -0.39 is 17.5 Å². The zero-order valence-corrected chi connectivity index (χ0v) is 12.7. The minimum absolute atomic E-state index is 0.225. The van der Waals surface area contributed by atoms with Crippen LogP contribution in [0.2, 0.25) is 0 Å². The van der Waals surface area contributed by atoms with Gasteiger partial charge in [0.05, 0.1) is 0 Å². The van der Waals surface area contributed by atoms with Gasteiger partial charge in [0, 0.05) is 6.42 Å². The highest BCUT2D eigenvalue weighted by atomic mass is 16.6. The van der Waals surface area contributed by atoms with Gasteiger partial charge in [0.1, 0.15) is 23.6 Å². The van der Waals surface area contributed by atoms with Crippen molar-refractivity contribution in [3.63, 3.8) is 0 Å². The molecule has 0 saturated heterocycles. The molecule has 0 N–H and O–H groups in total. The van der Waals surface area contributed by atoms with E-state index in [1.54, 1.807) is 20.8 Å². The maximum atomic E-state index is 12.1. The van der Waals surface area contributed by atoms with E-state index in [1.807, 2.05) is 6.92 Å². The fraction of sp³-hybridized carbons (Fsp3) is 0.800. The first-order chi connectivity index (χ1) is 8.72. The molecule has 0 aromatic carbocycles. The molecule has 0 aliphatic rings. The summed E-state index contributed by atoms with van der Waals surface area (Å²) in [6.07, 6.45) is 3.56. The van der Waals surface area contributed by atoms with Crippen molar-refractivity contribution in [2.75, 3.05) is 0 Å². The van der Waals surface area contributed by atoms with Gasteiger partial charge in [-0.05, 0) is 40.0 Å². The number of carbonyl (C=O) groups is 3. The van der Waals surface area contributed by atoms with Crippen LogP contribution in [0.15, 0.2) is 0 Å². The van der Waals surface area contributed by atoms with E-state index in [0.29, 0.717) is 6.42 Å². The Bertz CT molecular complexity index is 315. The Labute approximate surface area is 115 Å². The third-order valence-electron chi connectivity index (χ3n) is 2.90. The summed E-state index contributed by atoms with van der Waals surface area (Å²) in [6, 6.07) is 0. The highest BCUT2D eigenvalue weighted by Gasteiger charge is 2.35. The second-order valence-electron chi connectivity index (χ2n) is 5.93. The fourth-order valence-electron chi connectivity index (χ4n) is 2.07. The molecule has 0 bridgehead atoms. The molecule has 0 aromatic heterocycles. The molecule has 1 unspecified atom stereocenters. The molecule has 0 aliphatic carbocycles. The SMILES string of the molecule is CCCC[C@H](CC=O)C(C(C)=O)C(=O)OC(C)(C)C. The summed E-state index contributed by atoms with van der Waals surface area (Å²) in [5, 5.41) is 0. The van der Waals surface area contributed by atoms with Crippen LogP contribution in [0.1, 0.15) is 60.3 Å². The Morgan fingerprint density at radius 3 is 2.21 bits per heavy atom. The summed E-state index contributed by atoms with van der Waals surface area (Å²) < 4.78 is 5.29. The fourth-order valence-corrected chi connectivity index (χ4v) is 2.07. The molecule has 19 heavy (non-hydrogen) atoms. The molecule has 0 radical (unpaired) electrons. The molecule has 0 rings (SSSR count). The highest BCUT2D eigenvalue weighted by molar-refractivity contribution is 5.98. The van der Waals surface area contributed by atoms with Gasteiger partial charge in [-0.15, -0.1) is 0 Å². The predicted molar refractivity (Wildman–Crippen MR) is 73.7 cm³/mol. The molecule has 0 heterocycles. The van der Waals surface area contributed by atoms with E-state index in [1.165, 1.54) is 6.92 Å². The van der Waals surface area contributed by atoms with Crippen molar-refractivity contribution < 1.29 is 19.1 Å². The Hall–Kier alpha value is -1.19. The van der Waals surface area contributed by atoms with Gasteiger partial charge in [-0.1, -0.05) is 19.8 Å². The number of esters is 1. The number of hydrogen-bond donors (Lipinski definition) is 0. The first kappa shape index (κ1) is 17.8. The molecule has 0 aliphatic heterocycles. The molecule has 4 heteroatoms. The Morgan fingerprint density at radius 2 is 1.84 bits per heavy atom. The quantitative estimate of drug-likeness (QED) is 0.386. The lowest BCUT2D eigenvalue weighted by Gasteiger charge is -2.27. The number of aldehydes is 1. The second-order valence-corrected chi connectivity index (χ2v) is 5.93. The van der Waals surface area contributed by atoms with Crippen LogP contribution < -0.4 is 0 Å². The second kappa shape index (κ2) is 8.08. The maximum absolute atomic E-state index is 12.1. The lowest BCUT2D eigenvalue weighted by Crippen LogP contribution is -2.36. The standard InChI is InChI=1S/C15H26O4/c1-6-7-8-12(9-10-16)13(11(2)17)14(18)19-15(3,4)5/h10,12-13H,6-9H2,1-5H3/t12-,13?/m1/s1. The van der Waals surface area contributed by atoms with E-state index in [-0.39, 0.29) is 18.1 Å². The zero-order chi connectivity index (χ0) is 15.1. The number of carbonyl (C=O) groups excluding carboxylic acids is 3. The number of ether oxygens (including phenoxy) is 1. The molecule has 0 amide bonds. The number of Topliss-reactive ketones (excluding diaryl/α,β-unsaturated/α-hetero) is 1. The van der Waals surface area contributed by atoms with Gasteiger partial charge >= 0.3 is 5.97 Å². The lowest BCUT2D eigenvalue weighted by atomic mass is 9.83. The molecule has 0 spiro atoms. The minimum Gasteiger partial charge on any atom is -0.459 e. The predicted octanol–water partition coefficient (Wildman–Crippen LogP) is 2.93. The number of ketones is 1. The van der Waals surface area contributed by atoms with E-state index in [9.17, 15) is 14.4 Å². The summed E-state index contributed by atoms with van der Waals surface area (Å²) in [4.78, 5) is 34.6. The topological polar surface area (TPSA) is 60.4 Å². The normalized spacial score (nSPS) is 14.6. The monoisotopic (exact) mass is 270 g/mol. The van der Waals surface area contributed by atoms with Gasteiger partial charge in [0.25, 0.3) is 0 Å². The molecule has 4 nitrogen and oxygen atoms in total. The van der Waals surface area contributed by atoms with Gasteiger partial charge in [0.15, 0.2) is 0 Å². The molecule has 0 saturated carbocycles. The van der Waals surface area contributed by atoms with Crippen LogP contribution in [0.3, 0.4) is 0 Å². The number of hydrogen-bond acceptors (Lipinski definition) is 4. The van der Waals surface area contributed by atoms with Crippen LogP contribution in [0.5, 0.6) is 0 Å². The van der Waals surface area contributed by atoms with Gasteiger partial charge in [-0.3, -0.25) is 9.59 Å². The summed E-state index contributed by atoms with van der Waals surface area (Å²) in [7, 11) is 0. The van der Waals surface area contributed by atoms with Crippen molar-refractivity contribution in [1.29, 1.82) is 0 Å². The Kier molecular flexibility index (Phi) is 7.57. The summed E-state index contributed by atoms with van der Waals surface area (Å²) in [6.45, 7) is 8.72. The van der Waals surface area contributed by atoms with E-state index in [0.717, 1.165) is 19.1 Å². The van der Waals surface area contributed by atoms with Crippen LogP contribution in [-0.2, 0) is 19.1 Å². The lowest BCUT2D eigenvalue weighted by molar-refractivity contribution is -0.164. The van der Waals surface area contributed by atoms with Crippen molar-refractivity contribution in [3.8, 4) is 0 Å². The van der Waals surface area contributed by atoms with Crippen LogP contribution in [0.4, 0.5) is 0 Å². The molecule has 0 aromatic rings. The van der Waals surface area contributed by atoms with E-state index in [4.69, 9.17) is 4.74 Å². The number of unbranched alkanes of at least 4 members (excludes halogenated alkanes) is 1. The summed E-state index contributed by atoms with van der Waals surface area (Å²) in [5.74, 6) is -1.80. The van der Waals surface area contributed by atoms with Crippen LogP contribution in [-0.4, -0.2) is 23.6 Å². The molecule has 110 valence electrons. The van der Waals surface area contributed by atoms with E-state index in [2.05, 4.69) is 0 Å². The Morgan fingerprint density at radius 1 is 1.26 bits per heavy atom. The minimum atomic E-state index is -0.823. The van der Waals surface area contributed by atoms with Crippen molar-refractivity contribution in [2.45, 2.75) is 65.9 Å². The van der Waals surface area contributed by atoms with Gasteiger partial charge in [0.2, 0.25) is 0 Å². The van der Waals surface area contributed by atoms with Gasteiger partial charge in [-0.25, -0.2) is 0 Å². The van der Waals surface area contributed by atoms with E-state index >= 15 is 0 Å². The third-order valence-corrected chi connectivity index (χ3v) is 2.90. The highest BCUT2D eigenvalue weighted by Crippen LogP contribution is 2.25. The molecular formula is C15H26O4. The Balaban J connectivity index is 4.96. The molecule has 0 fully saturated rings. The van der Waals surface area contributed by atoms with Crippen LogP contribution in [0.25, 0.3) is 0 Å². The van der Waals surface area contributed by atoms with Gasteiger partial charge < -0.3 is 9.53 Å². The summed E-state index contributed by atoms with van der Waals surface area (Å²) in [5.41, 5.74) is -0.624. The van der Waals surface area contributed by atoms with Crippen molar-refractivity contribution in [3.05, 3.63) is 0 Å². The zero-order valence-electron chi connectivity index (χ0n) is 12.7. The largest absolute Gasteiger partial charge is 0.459 e. The van der Waals surface area contributed by atoms with Crippen molar-refractivity contribution in [2.24, 2.45) is 11.8 Å². The average molecular weight is 270 g/mol. The van der Waals surface area contributed by atoms with Crippen LogP contribution >= 0.6 is 0 Å². The maximum Gasteiger partial charge on any atom is 0.317 e. The average Bonchev–Trinajstić information content (AvgIpc) is 2.23. The van der Waals surface area contributed by atoms with Crippen molar-refractivity contribution in [1.82, 2.24) is 0 Å². The van der Waals surface area contributed by atoms with Crippen molar-refractivity contribution >= 4 is 18.0 Å². The molecule has 2 atom stereocenters. The van der Waals surface area contributed by atoms with Crippen LogP contribution in [0, 0.1) is 11.8 Å². The van der Waals surface area contributed by atoms with Gasteiger partial charge in [-0.2, -0.15) is 0 Å². The smallest absolute Gasteiger partial charge is 0.317 e. The third kappa shape index (κ3) is 7.09. The first-order valence-corrected chi connectivity index (χ1v) is 6.89. The number of rotatable bonds is 8.